The zero-order valence-corrected chi connectivity index (χ0v) is 17.3. The topological polar surface area (TPSA) is 84.0 Å². The van der Waals surface area contributed by atoms with Gasteiger partial charge in [-0.05, 0) is 31.2 Å². The van der Waals surface area contributed by atoms with Gasteiger partial charge in [0.15, 0.2) is 5.13 Å². The second kappa shape index (κ2) is 8.42. The summed E-state index contributed by atoms with van der Waals surface area (Å²) in [6, 6.07) is 14.8. The van der Waals surface area contributed by atoms with E-state index in [9.17, 15) is 9.59 Å². The van der Waals surface area contributed by atoms with E-state index >= 15 is 0 Å². The van der Waals surface area contributed by atoms with Crippen molar-refractivity contribution in [3.05, 3.63) is 60.3 Å². The molecule has 0 spiro atoms. The SMILES string of the molecule is CCOC(=O)Nc1ncc(N2CN(c3ccccc3OC)C(=O)c3ccccc32)s1. The third-order valence-electron chi connectivity index (χ3n) is 4.57. The van der Waals surface area contributed by atoms with E-state index in [1.54, 1.807) is 31.2 Å². The summed E-state index contributed by atoms with van der Waals surface area (Å²) in [6.45, 7) is 2.29. The number of ether oxygens (including phenoxy) is 2. The van der Waals surface area contributed by atoms with Crippen LogP contribution in [0.4, 0.5) is 26.3 Å². The van der Waals surface area contributed by atoms with Gasteiger partial charge in [0.25, 0.3) is 5.91 Å². The Labute approximate surface area is 177 Å². The number of fused-ring (bicyclic) bond motifs is 1. The van der Waals surface area contributed by atoms with Crippen LogP contribution in [0.25, 0.3) is 0 Å². The maximum absolute atomic E-state index is 13.2. The van der Waals surface area contributed by atoms with Crippen LogP contribution in [0.15, 0.2) is 54.7 Å². The van der Waals surface area contributed by atoms with Gasteiger partial charge < -0.3 is 14.4 Å². The number of carbonyl (C=O) groups is 2. The molecule has 0 saturated heterocycles. The molecule has 2 aromatic carbocycles. The molecule has 1 aliphatic heterocycles. The first-order valence-electron chi connectivity index (χ1n) is 9.33. The molecule has 0 fully saturated rings. The summed E-state index contributed by atoms with van der Waals surface area (Å²) in [7, 11) is 1.58. The lowest BCUT2D eigenvalue weighted by Crippen LogP contribution is -2.44. The van der Waals surface area contributed by atoms with Crippen LogP contribution in [0.1, 0.15) is 17.3 Å². The Kier molecular flexibility index (Phi) is 5.53. The Morgan fingerprint density at radius 1 is 1.13 bits per heavy atom. The van der Waals surface area contributed by atoms with Crippen molar-refractivity contribution in [1.29, 1.82) is 0 Å². The van der Waals surface area contributed by atoms with E-state index in [4.69, 9.17) is 9.47 Å². The van der Waals surface area contributed by atoms with Crippen LogP contribution in [0, 0.1) is 0 Å². The first-order chi connectivity index (χ1) is 14.6. The Bertz CT molecular complexity index is 1080. The molecule has 0 aliphatic carbocycles. The van der Waals surface area contributed by atoms with Crippen molar-refractivity contribution in [3.63, 3.8) is 0 Å². The predicted molar refractivity (Wildman–Crippen MR) is 116 cm³/mol. The largest absolute Gasteiger partial charge is 0.495 e. The van der Waals surface area contributed by atoms with E-state index in [0.29, 0.717) is 22.1 Å². The summed E-state index contributed by atoms with van der Waals surface area (Å²) < 4.78 is 10.4. The lowest BCUT2D eigenvalue weighted by molar-refractivity contribution is 0.0983. The average molecular weight is 424 g/mol. The molecule has 154 valence electrons. The van der Waals surface area contributed by atoms with E-state index in [1.807, 2.05) is 47.4 Å². The number of hydrogen-bond donors (Lipinski definition) is 1. The van der Waals surface area contributed by atoms with Crippen LogP contribution in [0.2, 0.25) is 0 Å². The molecule has 0 atom stereocenters. The van der Waals surface area contributed by atoms with Crippen molar-refractivity contribution in [3.8, 4) is 5.75 Å². The van der Waals surface area contributed by atoms with E-state index in [0.717, 1.165) is 10.7 Å². The summed E-state index contributed by atoms with van der Waals surface area (Å²) in [5, 5.41) is 3.81. The Morgan fingerprint density at radius 3 is 2.63 bits per heavy atom. The first-order valence-corrected chi connectivity index (χ1v) is 10.1. The average Bonchev–Trinajstić information content (AvgIpc) is 3.22. The van der Waals surface area contributed by atoms with Gasteiger partial charge in [0.1, 0.15) is 17.4 Å². The minimum Gasteiger partial charge on any atom is -0.495 e. The first kappa shape index (κ1) is 19.7. The number of nitrogens with zero attached hydrogens (tertiary/aromatic N) is 3. The van der Waals surface area contributed by atoms with Crippen LogP contribution >= 0.6 is 11.3 Å². The summed E-state index contributed by atoms with van der Waals surface area (Å²) >= 11 is 1.30. The third-order valence-corrected chi connectivity index (χ3v) is 5.51. The van der Waals surface area contributed by atoms with Gasteiger partial charge in [-0.25, -0.2) is 9.78 Å². The normalized spacial score (nSPS) is 13.1. The van der Waals surface area contributed by atoms with Gasteiger partial charge in [-0.3, -0.25) is 15.0 Å². The van der Waals surface area contributed by atoms with Gasteiger partial charge in [0.05, 0.1) is 36.9 Å². The number of aromatic nitrogens is 1. The van der Waals surface area contributed by atoms with Crippen molar-refractivity contribution in [2.75, 3.05) is 35.5 Å². The van der Waals surface area contributed by atoms with Crippen LogP contribution in [0.3, 0.4) is 0 Å². The molecule has 2 amide bonds. The number of nitrogens with one attached hydrogen (secondary N) is 1. The highest BCUT2D eigenvalue weighted by Crippen LogP contribution is 2.40. The lowest BCUT2D eigenvalue weighted by atomic mass is 10.1. The Balaban J connectivity index is 1.71. The number of methoxy groups -OCH3 is 1. The number of anilines is 4. The second-order valence-electron chi connectivity index (χ2n) is 6.34. The van der Waals surface area contributed by atoms with Crippen molar-refractivity contribution >= 4 is 44.8 Å². The summed E-state index contributed by atoms with van der Waals surface area (Å²) in [6.07, 6.45) is 1.11. The maximum Gasteiger partial charge on any atom is 0.413 e. The fourth-order valence-electron chi connectivity index (χ4n) is 3.25. The molecule has 30 heavy (non-hydrogen) atoms. The maximum atomic E-state index is 13.2. The van der Waals surface area contributed by atoms with Crippen molar-refractivity contribution in [1.82, 2.24) is 4.98 Å². The van der Waals surface area contributed by atoms with Crippen molar-refractivity contribution in [2.24, 2.45) is 0 Å². The fourth-order valence-corrected chi connectivity index (χ4v) is 4.06. The number of benzene rings is 2. The molecule has 2 heterocycles. The molecule has 1 aliphatic rings. The molecule has 1 aromatic heterocycles. The van der Waals surface area contributed by atoms with Crippen molar-refractivity contribution < 1.29 is 19.1 Å². The summed E-state index contributed by atoms with van der Waals surface area (Å²) in [4.78, 5) is 32.9. The highest BCUT2D eigenvalue weighted by molar-refractivity contribution is 7.19. The molecular weight excluding hydrogens is 404 g/mol. The highest BCUT2D eigenvalue weighted by atomic mass is 32.1. The molecule has 0 bridgehead atoms. The second-order valence-corrected chi connectivity index (χ2v) is 7.35. The van der Waals surface area contributed by atoms with Crippen LogP contribution in [-0.4, -0.2) is 37.4 Å². The number of amides is 2. The molecule has 8 nitrogen and oxygen atoms in total. The number of thiazole rings is 1. The van der Waals surface area contributed by atoms with E-state index in [1.165, 1.54) is 11.3 Å². The van der Waals surface area contributed by atoms with E-state index < -0.39 is 6.09 Å². The molecule has 4 rings (SSSR count). The molecular formula is C21H20N4O4S. The number of carbonyl (C=O) groups excluding carboxylic acids is 2. The van der Waals surface area contributed by atoms with E-state index in [2.05, 4.69) is 10.3 Å². The highest BCUT2D eigenvalue weighted by Gasteiger charge is 2.33. The van der Waals surface area contributed by atoms with Crippen LogP contribution < -0.4 is 19.9 Å². The zero-order valence-electron chi connectivity index (χ0n) is 16.5. The summed E-state index contributed by atoms with van der Waals surface area (Å²) in [5.74, 6) is 0.500. The smallest absolute Gasteiger partial charge is 0.413 e. The number of rotatable bonds is 5. The monoisotopic (exact) mass is 424 g/mol. The molecule has 0 radical (unpaired) electrons. The third kappa shape index (κ3) is 3.67. The fraction of sp³-hybridized carbons (Fsp3) is 0.190. The van der Waals surface area contributed by atoms with E-state index in [-0.39, 0.29) is 19.2 Å². The van der Waals surface area contributed by atoms with Gasteiger partial charge in [0.2, 0.25) is 0 Å². The lowest BCUT2D eigenvalue weighted by Gasteiger charge is -2.37. The molecule has 3 aromatic rings. The minimum absolute atomic E-state index is 0.110. The predicted octanol–water partition coefficient (Wildman–Crippen LogP) is 4.48. The van der Waals surface area contributed by atoms with Gasteiger partial charge >= 0.3 is 6.09 Å². The Morgan fingerprint density at radius 2 is 1.87 bits per heavy atom. The number of hydrogen-bond acceptors (Lipinski definition) is 7. The minimum atomic E-state index is -0.553. The molecule has 9 heteroatoms. The summed E-state index contributed by atoms with van der Waals surface area (Å²) in [5.41, 5.74) is 2.03. The number of para-hydroxylation sites is 3. The van der Waals surface area contributed by atoms with Gasteiger partial charge in [-0.2, -0.15) is 0 Å². The van der Waals surface area contributed by atoms with Gasteiger partial charge in [-0.1, -0.05) is 35.6 Å². The molecule has 1 N–H and O–H groups in total. The molecule has 0 saturated carbocycles. The zero-order chi connectivity index (χ0) is 21.1. The van der Waals surface area contributed by atoms with Gasteiger partial charge in [0, 0.05) is 0 Å². The van der Waals surface area contributed by atoms with Crippen molar-refractivity contribution in [2.45, 2.75) is 6.92 Å². The quantitative estimate of drug-likeness (QED) is 0.650. The Hall–Kier alpha value is -3.59. The standard InChI is InChI=1S/C21H20N4O4S/c1-3-29-21(27)23-20-22-12-18(30-20)24-13-25(16-10-6-7-11-17(16)28-2)19(26)14-8-4-5-9-15(14)24/h4-12H,3,13H2,1-2H3,(H,22,23,27). The van der Waals surface area contributed by atoms with Crippen LogP contribution in [-0.2, 0) is 4.74 Å². The molecule has 0 unspecified atom stereocenters. The van der Waals surface area contributed by atoms with Crippen LogP contribution in [0.5, 0.6) is 5.75 Å². The van der Waals surface area contributed by atoms with Gasteiger partial charge in [-0.15, -0.1) is 0 Å².